The summed E-state index contributed by atoms with van der Waals surface area (Å²) in [6.07, 6.45) is 6.04. The van der Waals surface area contributed by atoms with Crippen LogP contribution in [0.25, 0.3) is 21.9 Å². The smallest absolute Gasteiger partial charge is 0.329 e. The monoisotopic (exact) mass is 324 g/mol. The highest BCUT2D eigenvalue weighted by atomic mass is 16.5. The summed E-state index contributed by atoms with van der Waals surface area (Å²) in [5.41, 5.74) is 1.78. The summed E-state index contributed by atoms with van der Waals surface area (Å²) < 4.78 is 7.73. The maximum absolute atomic E-state index is 12.2. The van der Waals surface area contributed by atoms with E-state index in [-0.39, 0.29) is 12.3 Å². The van der Waals surface area contributed by atoms with Crippen LogP contribution in [0.3, 0.4) is 0 Å². The molecule has 2 aliphatic rings. The molecule has 1 saturated heterocycles. The van der Waals surface area contributed by atoms with Gasteiger partial charge >= 0.3 is 6.03 Å². The van der Waals surface area contributed by atoms with Crippen LogP contribution in [0.5, 0.6) is 0 Å². The predicted octanol–water partition coefficient (Wildman–Crippen LogP) is 2.95. The molecule has 7 nitrogen and oxygen atoms in total. The Balaban J connectivity index is 1.68. The number of nitrogens with zero attached hydrogens (tertiary/aromatic N) is 3. The zero-order valence-corrected chi connectivity index (χ0v) is 13.0. The molecule has 1 aliphatic carbocycles. The van der Waals surface area contributed by atoms with Gasteiger partial charge in [-0.3, -0.25) is 15.0 Å². The van der Waals surface area contributed by atoms with Gasteiger partial charge in [0.05, 0.1) is 5.39 Å². The minimum atomic E-state index is -0.447. The molecule has 1 aliphatic heterocycles. The number of amides is 3. The number of carbonyl (C=O) groups is 2. The number of imide groups is 1. The number of carbonyl (C=O) groups excluding carboxylic acids is 2. The first-order valence-corrected chi connectivity index (χ1v) is 8.22. The summed E-state index contributed by atoms with van der Waals surface area (Å²) >= 11 is 0. The maximum atomic E-state index is 12.2. The van der Waals surface area contributed by atoms with Gasteiger partial charge in [-0.05, 0) is 37.5 Å². The number of nitrogens with one attached hydrogen (secondary N) is 1. The molecule has 1 saturated carbocycles. The highest BCUT2D eigenvalue weighted by Crippen LogP contribution is 2.39. The van der Waals surface area contributed by atoms with Gasteiger partial charge in [0.15, 0.2) is 11.4 Å². The summed E-state index contributed by atoms with van der Waals surface area (Å²) in [6, 6.07) is 6.11. The normalized spacial score (nSPS) is 19.1. The number of benzene rings is 1. The molecule has 2 aromatic heterocycles. The van der Waals surface area contributed by atoms with Crippen molar-refractivity contribution in [1.29, 1.82) is 0 Å². The van der Waals surface area contributed by atoms with E-state index in [4.69, 9.17) is 4.52 Å². The molecular formula is C17H16N4O3. The minimum Gasteiger partial charge on any atom is -0.354 e. The summed E-state index contributed by atoms with van der Waals surface area (Å²) in [7, 11) is 0. The zero-order valence-electron chi connectivity index (χ0n) is 13.0. The average Bonchev–Trinajstić information content (AvgIpc) is 3.10. The minimum absolute atomic E-state index is 0.259. The Bertz CT molecular complexity index is 982. The van der Waals surface area contributed by atoms with Gasteiger partial charge in [0.2, 0.25) is 5.91 Å². The molecule has 122 valence electrons. The molecule has 0 unspecified atom stereocenters. The van der Waals surface area contributed by atoms with Gasteiger partial charge in [-0.15, -0.1) is 0 Å². The van der Waals surface area contributed by atoms with E-state index in [1.54, 1.807) is 0 Å². The van der Waals surface area contributed by atoms with Crippen LogP contribution in [0.1, 0.15) is 31.7 Å². The van der Waals surface area contributed by atoms with E-state index < -0.39 is 6.03 Å². The van der Waals surface area contributed by atoms with Crippen LogP contribution in [0.15, 0.2) is 28.9 Å². The number of aromatic nitrogens is 2. The topological polar surface area (TPSA) is 80.4 Å². The predicted molar refractivity (Wildman–Crippen MR) is 87.9 cm³/mol. The van der Waals surface area contributed by atoms with Gasteiger partial charge in [0, 0.05) is 36.1 Å². The van der Waals surface area contributed by atoms with Gasteiger partial charge in [0.1, 0.15) is 0 Å². The highest BCUT2D eigenvalue weighted by molar-refractivity contribution is 6.15. The van der Waals surface area contributed by atoms with E-state index in [9.17, 15) is 9.59 Å². The summed E-state index contributed by atoms with van der Waals surface area (Å²) in [5, 5.41) is 8.29. The Kier molecular flexibility index (Phi) is 2.74. The Morgan fingerprint density at radius 2 is 2.08 bits per heavy atom. The first kappa shape index (κ1) is 13.6. The Labute approximate surface area is 137 Å². The number of fused-ring (bicyclic) bond motifs is 3. The van der Waals surface area contributed by atoms with Gasteiger partial charge in [-0.25, -0.2) is 4.79 Å². The molecule has 0 spiro atoms. The summed E-state index contributed by atoms with van der Waals surface area (Å²) in [5.74, 6) is 0.220. The summed E-state index contributed by atoms with van der Waals surface area (Å²) in [4.78, 5) is 25.0. The highest BCUT2D eigenvalue weighted by Gasteiger charge is 2.29. The molecule has 24 heavy (non-hydrogen) atoms. The van der Waals surface area contributed by atoms with Crippen molar-refractivity contribution < 1.29 is 14.1 Å². The van der Waals surface area contributed by atoms with E-state index in [0.29, 0.717) is 24.0 Å². The van der Waals surface area contributed by atoms with Crippen molar-refractivity contribution in [3.8, 4) is 0 Å². The first-order chi connectivity index (χ1) is 11.7. The van der Waals surface area contributed by atoms with Crippen LogP contribution < -0.4 is 10.2 Å². The third-order valence-electron chi connectivity index (χ3n) is 5.10. The number of hydrogen-bond donors (Lipinski definition) is 1. The Morgan fingerprint density at radius 1 is 1.21 bits per heavy atom. The second-order valence-corrected chi connectivity index (χ2v) is 6.44. The van der Waals surface area contributed by atoms with Gasteiger partial charge in [-0.1, -0.05) is 5.16 Å². The maximum Gasteiger partial charge on any atom is 0.329 e. The molecule has 3 amide bonds. The van der Waals surface area contributed by atoms with E-state index in [1.165, 1.54) is 24.2 Å². The number of hydrogen-bond acceptors (Lipinski definition) is 4. The molecule has 1 aromatic carbocycles. The molecule has 0 bridgehead atoms. The van der Waals surface area contributed by atoms with Gasteiger partial charge < -0.3 is 9.09 Å². The second-order valence-electron chi connectivity index (χ2n) is 6.44. The van der Waals surface area contributed by atoms with Crippen molar-refractivity contribution in [1.82, 2.24) is 15.0 Å². The van der Waals surface area contributed by atoms with E-state index in [0.717, 1.165) is 16.3 Å². The molecule has 0 radical (unpaired) electrons. The third kappa shape index (κ3) is 1.81. The number of urea groups is 1. The fourth-order valence-corrected chi connectivity index (χ4v) is 3.60. The lowest BCUT2D eigenvalue weighted by Gasteiger charge is -2.28. The van der Waals surface area contributed by atoms with Crippen molar-refractivity contribution in [2.24, 2.45) is 0 Å². The molecule has 0 atom stereocenters. The molecule has 3 heterocycles. The van der Waals surface area contributed by atoms with Crippen LogP contribution in [0.2, 0.25) is 0 Å². The molecule has 7 heteroatoms. The van der Waals surface area contributed by atoms with Crippen molar-refractivity contribution >= 4 is 39.6 Å². The summed E-state index contributed by atoms with van der Waals surface area (Å²) in [6.45, 7) is 0.312. The van der Waals surface area contributed by atoms with Crippen LogP contribution in [0.4, 0.5) is 10.6 Å². The lowest BCUT2D eigenvalue weighted by molar-refractivity contribution is -0.120. The molecule has 1 N–H and O–H groups in total. The van der Waals surface area contributed by atoms with Gasteiger partial charge in [0.25, 0.3) is 0 Å². The first-order valence-electron chi connectivity index (χ1n) is 8.22. The molecule has 5 rings (SSSR count). The largest absolute Gasteiger partial charge is 0.354 e. The molecular weight excluding hydrogens is 308 g/mol. The fourth-order valence-electron chi connectivity index (χ4n) is 3.60. The Hall–Kier alpha value is -2.83. The fraction of sp³-hybridized carbons (Fsp3) is 0.353. The lowest BCUT2D eigenvalue weighted by atomic mass is 9.93. The van der Waals surface area contributed by atoms with Crippen LogP contribution in [0, 0.1) is 0 Å². The average molecular weight is 324 g/mol. The van der Waals surface area contributed by atoms with Crippen LogP contribution in [-0.2, 0) is 4.79 Å². The zero-order chi connectivity index (χ0) is 16.3. The standard InChI is InChI=1S/C17H16N4O3/c22-14-7-9-21(17(23)18-14)16-15-11-6-8-20(10-2-1-3-10)12(11)4-5-13(15)24-19-16/h4-6,8,10H,1-3,7,9H2,(H,18,22,23). The van der Waals surface area contributed by atoms with Crippen molar-refractivity contribution in [3.05, 3.63) is 24.4 Å². The quantitative estimate of drug-likeness (QED) is 0.786. The van der Waals surface area contributed by atoms with Crippen molar-refractivity contribution in [2.45, 2.75) is 31.7 Å². The molecule has 3 aromatic rings. The van der Waals surface area contributed by atoms with Crippen LogP contribution >= 0.6 is 0 Å². The van der Waals surface area contributed by atoms with E-state index >= 15 is 0 Å². The van der Waals surface area contributed by atoms with Crippen molar-refractivity contribution in [3.63, 3.8) is 0 Å². The number of anilines is 1. The Morgan fingerprint density at radius 3 is 2.83 bits per heavy atom. The lowest BCUT2D eigenvalue weighted by Crippen LogP contribution is -2.49. The van der Waals surface area contributed by atoms with E-state index in [1.807, 2.05) is 12.1 Å². The van der Waals surface area contributed by atoms with Crippen molar-refractivity contribution in [2.75, 3.05) is 11.4 Å². The second kappa shape index (κ2) is 4.83. The van der Waals surface area contributed by atoms with Gasteiger partial charge in [-0.2, -0.15) is 0 Å². The van der Waals surface area contributed by atoms with Crippen LogP contribution in [-0.4, -0.2) is 28.2 Å². The van der Waals surface area contributed by atoms with E-state index in [2.05, 4.69) is 27.3 Å². The third-order valence-corrected chi connectivity index (χ3v) is 5.10. The SMILES string of the molecule is O=C1CCN(c2noc3ccc4c(ccn4C4CCC4)c23)C(=O)N1. The number of rotatable bonds is 2. The molecule has 2 fully saturated rings.